The zero-order valence-electron chi connectivity index (χ0n) is 13.4. The number of hydrogen-bond donors (Lipinski definition) is 1. The molecular weight excluding hydrogens is 272 g/mol. The second-order valence-corrected chi connectivity index (χ2v) is 5.67. The largest absolute Gasteiger partial charge is 0.349 e. The summed E-state index contributed by atoms with van der Waals surface area (Å²) >= 11 is 0. The first-order valence-electron chi connectivity index (χ1n) is 7.96. The van der Waals surface area contributed by atoms with E-state index in [1.165, 1.54) is 18.4 Å². The lowest BCUT2D eigenvalue weighted by molar-refractivity contribution is -0.121. The lowest BCUT2D eigenvalue weighted by Crippen LogP contribution is -2.28. The number of nitrogens with zero attached hydrogens (tertiary/aromatic N) is 1. The van der Waals surface area contributed by atoms with Crippen molar-refractivity contribution < 1.29 is 4.79 Å². The Kier molecular flexibility index (Phi) is 6.13. The standard InChI is InChI=1S/C19H24N2O/c1-3-4-6-16-8-10-17(11-9-16)13-19(22)21-15(2)18-7-5-12-20-14-18/h5,7-12,14-15H,3-4,6,13H2,1-2H3,(H,21,22). The molecule has 22 heavy (non-hydrogen) atoms. The van der Waals surface area contributed by atoms with Crippen LogP contribution in [-0.4, -0.2) is 10.9 Å². The molecular formula is C19H24N2O. The van der Waals surface area contributed by atoms with Crippen LogP contribution in [0.2, 0.25) is 0 Å². The van der Waals surface area contributed by atoms with Crippen molar-refractivity contribution in [3.05, 3.63) is 65.5 Å². The Balaban J connectivity index is 1.86. The third-order valence-electron chi connectivity index (χ3n) is 3.77. The number of benzene rings is 1. The topological polar surface area (TPSA) is 42.0 Å². The van der Waals surface area contributed by atoms with Crippen molar-refractivity contribution >= 4 is 5.91 Å². The Hall–Kier alpha value is -2.16. The third-order valence-corrected chi connectivity index (χ3v) is 3.77. The summed E-state index contributed by atoms with van der Waals surface area (Å²) in [4.78, 5) is 16.2. The van der Waals surface area contributed by atoms with Crippen LogP contribution in [0.25, 0.3) is 0 Å². The maximum Gasteiger partial charge on any atom is 0.224 e. The Morgan fingerprint density at radius 2 is 1.91 bits per heavy atom. The molecule has 1 heterocycles. The average molecular weight is 296 g/mol. The van der Waals surface area contributed by atoms with Crippen LogP contribution in [0.1, 0.15) is 49.4 Å². The summed E-state index contributed by atoms with van der Waals surface area (Å²) in [6.45, 7) is 4.17. The first-order chi connectivity index (χ1) is 10.7. The van der Waals surface area contributed by atoms with Crippen molar-refractivity contribution in [2.75, 3.05) is 0 Å². The van der Waals surface area contributed by atoms with Gasteiger partial charge in [0.25, 0.3) is 0 Å². The van der Waals surface area contributed by atoms with E-state index in [0.717, 1.165) is 17.5 Å². The minimum atomic E-state index is -0.0231. The molecule has 1 atom stereocenters. The van der Waals surface area contributed by atoms with E-state index in [9.17, 15) is 4.79 Å². The highest BCUT2D eigenvalue weighted by Gasteiger charge is 2.10. The number of hydrogen-bond acceptors (Lipinski definition) is 2. The molecule has 0 saturated heterocycles. The highest BCUT2D eigenvalue weighted by Crippen LogP contribution is 2.11. The predicted molar refractivity (Wildman–Crippen MR) is 89.6 cm³/mol. The van der Waals surface area contributed by atoms with E-state index in [1.807, 2.05) is 19.1 Å². The van der Waals surface area contributed by atoms with Gasteiger partial charge in [0.15, 0.2) is 0 Å². The molecule has 116 valence electrons. The molecule has 0 aliphatic heterocycles. The Morgan fingerprint density at radius 1 is 1.18 bits per heavy atom. The number of rotatable bonds is 7. The van der Waals surface area contributed by atoms with Gasteiger partial charge in [-0.15, -0.1) is 0 Å². The van der Waals surface area contributed by atoms with E-state index in [2.05, 4.69) is 41.5 Å². The van der Waals surface area contributed by atoms with Crippen LogP contribution >= 0.6 is 0 Å². The van der Waals surface area contributed by atoms with Gasteiger partial charge in [-0.05, 0) is 42.5 Å². The molecule has 0 saturated carbocycles. The van der Waals surface area contributed by atoms with Gasteiger partial charge in [-0.2, -0.15) is 0 Å². The molecule has 1 unspecified atom stereocenters. The lowest BCUT2D eigenvalue weighted by Gasteiger charge is -2.14. The van der Waals surface area contributed by atoms with Crippen LogP contribution in [0.15, 0.2) is 48.8 Å². The van der Waals surface area contributed by atoms with Crippen LogP contribution < -0.4 is 5.32 Å². The molecule has 0 aliphatic rings. The van der Waals surface area contributed by atoms with E-state index in [1.54, 1.807) is 12.4 Å². The van der Waals surface area contributed by atoms with Crippen LogP contribution in [-0.2, 0) is 17.6 Å². The van der Waals surface area contributed by atoms with Crippen molar-refractivity contribution in [1.82, 2.24) is 10.3 Å². The van der Waals surface area contributed by atoms with E-state index < -0.39 is 0 Å². The van der Waals surface area contributed by atoms with Gasteiger partial charge < -0.3 is 5.32 Å². The number of unbranched alkanes of at least 4 members (excludes halogenated alkanes) is 1. The van der Waals surface area contributed by atoms with E-state index in [4.69, 9.17) is 0 Å². The number of pyridine rings is 1. The van der Waals surface area contributed by atoms with Crippen molar-refractivity contribution in [3.63, 3.8) is 0 Å². The molecule has 0 aliphatic carbocycles. The molecule has 2 aromatic rings. The van der Waals surface area contributed by atoms with Crippen LogP contribution in [0, 0.1) is 0 Å². The second kappa shape index (κ2) is 8.32. The number of aromatic nitrogens is 1. The molecule has 1 N–H and O–H groups in total. The molecule has 2 rings (SSSR count). The predicted octanol–water partition coefficient (Wildman–Crippen LogP) is 3.84. The third kappa shape index (κ3) is 4.99. The smallest absolute Gasteiger partial charge is 0.224 e. The van der Waals surface area contributed by atoms with Crippen molar-refractivity contribution in [2.45, 2.75) is 45.6 Å². The summed E-state index contributed by atoms with van der Waals surface area (Å²) in [6.07, 6.45) is 7.46. The van der Waals surface area contributed by atoms with Gasteiger partial charge in [0.05, 0.1) is 12.5 Å². The fourth-order valence-corrected chi connectivity index (χ4v) is 2.40. The first kappa shape index (κ1) is 16.2. The lowest BCUT2D eigenvalue weighted by atomic mass is 10.0. The number of carbonyl (C=O) groups excluding carboxylic acids is 1. The van der Waals surface area contributed by atoms with Gasteiger partial charge in [-0.1, -0.05) is 43.7 Å². The quantitative estimate of drug-likeness (QED) is 0.843. The van der Waals surface area contributed by atoms with Crippen molar-refractivity contribution in [2.24, 2.45) is 0 Å². The molecule has 0 bridgehead atoms. The van der Waals surface area contributed by atoms with Crippen LogP contribution in [0.4, 0.5) is 0 Å². The Morgan fingerprint density at radius 3 is 2.55 bits per heavy atom. The zero-order valence-corrected chi connectivity index (χ0v) is 13.4. The van der Waals surface area contributed by atoms with Gasteiger partial charge in [-0.3, -0.25) is 9.78 Å². The summed E-state index contributed by atoms with van der Waals surface area (Å²) in [7, 11) is 0. The molecule has 0 radical (unpaired) electrons. The van der Waals surface area contributed by atoms with E-state index >= 15 is 0 Å². The van der Waals surface area contributed by atoms with Crippen molar-refractivity contribution in [3.8, 4) is 0 Å². The van der Waals surface area contributed by atoms with Gasteiger partial charge >= 0.3 is 0 Å². The van der Waals surface area contributed by atoms with Gasteiger partial charge in [0.2, 0.25) is 5.91 Å². The van der Waals surface area contributed by atoms with Gasteiger partial charge in [0.1, 0.15) is 0 Å². The Labute approximate surface area is 132 Å². The highest BCUT2D eigenvalue weighted by molar-refractivity contribution is 5.79. The summed E-state index contributed by atoms with van der Waals surface area (Å²) < 4.78 is 0. The summed E-state index contributed by atoms with van der Waals surface area (Å²) in [6, 6.07) is 12.2. The molecule has 0 spiro atoms. The molecule has 0 fully saturated rings. The number of amides is 1. The fraction of sp³-hybridized carbons (Fsp3) is 0.368. The van der Waals surface area contributed by atoms with Crippen LogP contribution in [0.5, 0.6) is 0 Å². The van der Waals surface area contributed by atoms with Crippen molar-refractivity contribution in [1.29, 1.82) is 0 Å². The summed E-state index contributed by atoms with van der Waals surface area (Å²) in [5, 5.41) is 3.01. The molecule has 1 aromatic heterocycles. The Bertz CT molecular complexity index is 578. The summed E-state index contributed by atoms with van der Waals surface area (Å²) in [5.74, 6) is 0.0395. The molecule has 3 nitrogen and oxygen atoms in total. The normalized spacial score (nSPS) is 11.9. The maximum atomic E-state index is 12.1. The second-order valence-electron chi connectivity index (χ2n) is 5.67. The maximum absolute atomic E-state index is 12.1. The zero-order chi connectivity index (χ0) is 15.8. The minimum Gasteiger partial charge on any atom is -0.349 e. The molecule has 1 amide bonds. The number of nitrogens with one attached hydrogen (secondary N) is 1. The fourth-order valence-electron chi connectivity index (χ4n) is 2.40. The average Bonchev–Trinajstić information content (AvgIpc) is 2.55. The number of aryl methyl sites for hydroxylation is 1. The monoisotopic (exact) mass is 296 g/mol. The van der Waals surface area contributed by atoms with Gasteiger partial charge in [0, 0.05) is 12.4 Å². The number of carbonyl (C=O) groups is 1. The summed E-state index contributed by atoms with van der Waals surface area (Å²) in [5.41, 5.74) is 3.41. The van der Waals surface area contributed by atoms with Crippen LogP contribution in [0.3, 0.4) is 0 Å². The first-order valence-corrected chi connectivity index (χ1v) is 7.96. The van der Waals surface area contributed by atoms with E-state index in [-0.39, 0.29) is 11.9 Å². The van der Waals surface area contributed by atoms with Gasteiger partial charge in [-0.25, -0.2) is 0 Å². The molecule has 1 aromatic carbocycles. The molecule has 3 heteroatoms. The minimum absolute atomic E-state index is 0.0231. The SMILES string of the molecule is CCCCc1ccc(CC(=O)NC(C)c2cccnc2)cc1. The highest BCUT2D eigenvalue weighted by atomic mass is 16.1. The van der Waals surface area contributed by atoms with E-state index in [0.29, 0.717) is 6.42 Å².